The van der Waals surface area contributed by atoms with Crippen LogP contribution in [0.4, 0.5) is 10.6 Å². The van der Waals surface area contributed by atoms with E-state index >= 15 is 0 Å². The summed E-state index contributed by atoms with van der Waals surface area (Å²) in [6.07, 6.45) is 3.03. The van der Waals surface area contributed by atoms with Crippen molar-refractivity contribution < 1.29 is 22.7 Å². The van der Waals surface area contributed by atoms with E-state index < -0.39 is 27.6 Å². The molecule has 4 N–H and O–H groups in total. The Balaban J connectivity index is 1.29. The molecule has 1 aliphatic heterocycles. The maximum atomic E-state index is 13.3. The Hall–Kier alpha value is -4.03. The van der Waals surface area contributed by atoms with Gasteiger partial charge in [-0.2, -0.15) is 0 Å². The van der Waals surface area contributed by atoms with Gasteiger partial charge in [0, 0.05) is 30.7 Å². The zero-order valence-electron chi connectivity index (χ0n) is 23.3. The van der Waals surface area contributed by atoms with Crippen molar-refractivity contribution in [1.82, 2.24) is 24.9 Å². The van der Waals surface area contributed by atoms with Crippen molar-refractivity contribution in [3.8, 4) is 11.3 Å². The van der Waals surface area contributed by atoms with Gasteiger partial charge in [0.2, 0.25) is 10.0 Å². The Bertz CT molecular complexity index is 1590. The average Bonchev–Trinajstić information content (AvgIpc) is 3.55. The van der Waals surface area contributed by atoms with Crippen LogP contribution in [0.5, 0.6) is 0 Å². The molecule has 1 saturated heterocycles. The minimum Gasteiger partial charge on any atom is -0.444 e. The summed E-state index contributed by atoms with van der Waals surface area (Å²) in [4.78, 5) is 35.7. The van der Waals surface area contributed by atoms with Gasteiger partial charge in [0.1, 0.15) is 5.60 Å². The molecule has 5 rings (SSSR count). The molecule has 11 nitrogen and oxygen atoms in total. The number of nitrogens with zero attached hydrogens (tertiary/aromatic N) is 3. The van der Waals surface area contributed by atoms with Gasteiger partial charge in [-0.1, -0.05) is 36.4 Å². The predicted octanol–water partition coefficient (Wildman–Crippen LogP) is 3.43. The first kappa shape index (κ1) is 28.5. The third-order valence-electron chi connectivity index (χ3n) is 7.06. The molecule has 3 aromatic rings. The molecule has 12 heteroatoms. The SMILES string of the molecule is CC(C)(C)OC(=O)N1CC[C@H](NC(=O)c2nc(-c3cccc(S(=O)(=O)NC4CCc5ccccc54)c3)cnc2N)C1. The summed E-state index contributed by atoms with van der Waals surface area (Å²) in [5, 5.41) is 2.87. The van der Waals surface area contributed by atoms with Crippen LogP contribution in [-0.2, 0) is 21.2 Å². The molecule has 216 valence electrons. The highest BCUT2D eigenvalue weighted by atomic mass is 32.2. The Morgan fingerprint density at radius 2 is 1.88 bits per heavy atom. The van der Waals surface area contributed by atoms with Crippen molar-refractivity contribution in [1.29, 1.82) is 0 Å². The van der Waals surface area contributed by atoms with E-state index in [-0.39, 0.29) is 28.5 Å². The number of likely N-dealkylation sites (tertiary alicyclic amines) is 1. The van der Waals surface area contributed by atoms with Crippen molar-refractivity contribution in [2.75, 3.05) is 18.8 Å². The smallest absolute Gasteiger partial charge is 0.410 e. The number of sulfonamides is 1. The number of fused-ring (bicyclic) bond motifs is 1. The lowest BCUT2D eigenvalue weighted by Crippen LogP contribution is -2.40. The fourth-order valence-electron chi connectivity index (χ4n) is 5.09. The van der Waals surface area contributed by atoms with Gasteiger partial charge in [-0.15, -0.1) is 0 Å². The summed E-state index contributed by atoms with van der Waals surface area (Å²) in [7, 11) is -3.84. The van der Waals surface area contributed by atoms with Crippen LogP contribution >= 0.6 is 0 Å². The zero-order valence-corrected chi connectivity index (χ0v) is 24.1. The highest BCUT2D eigenvalue weighted by molar-refractivity contribution is 7.89. The third-order valence-corrected chi connectivity index (χ3v) is 8.53. The number of hydrogen-bond acceptors (Lipinski definition) is 8. The topological polar surface area (TPSA) is 157 Å². The van der Waals surface area contributed by atoms with Crippen molar-refractivity contribution in [2.45, 2.75) is 62.6 Å². The number of rotatable bonds is 6. The quantitative estimate of drug-likeness (QED) is 0.402. The molecular weight excluding hydrogens is 544 g/mol. The molecule has 41 heavy (non-hydrogen) atoms. The maximum Gasteiger partial charge on any atom is 0.410 e. The lowest BCUT2D eigenvalue weighted by Gasteiger charge is -2.24. The lowest BCUT2D eigenvalue weighted by atomic mass is 10.1. The molecule has 2 aromatic carbocycles. The Morgan fingerprint density at radius 1 is 1.10 bits per heavy atom. The first-order chi connectivity index (χ1) is 19.4. The standard InChI is InChI=1S/C29H34N6O5S/c1-29(2,3)40-28(37)35-14-13-20(17-35)32-27(36)25-26(30)31-16-24(33-25)19-8-6-9-21(15-19)41(38,39)34-23-12-11-18-7-4-5-10-22(18)23/h4-10,15-16,20,23,34H,11-14,17H2,1-3H3,(H2,30,31)(H,32,36)/t20-,23?/m0/s1. The van der Waals surface area contributed by atoms with Gasteiger partial charge in [-0.3, -0.25) is 4.79 Å². The monoisotopic (exact) mass is 578 g/mol. The summed E-state index contributed by atoms with van der Waals surface area (Å²) < 4.78 is 34.8. The number of aryl methyl sites for hydroxylation is 1. The molecule has 1 fully saturated rings. The van der Waals surface area contributed by atoms with E-state index in [4.69, 9.17) is 10.5 Å². The number of hydrogen-bond donors (Lipinski definition) is 3. The molecule has 2 heterocycles. The van der Waals surface area contributed by atoms with Crippen LogP contribution in [0.1, 0.15) is 61.3 Å². The van der Waals surface area contributed by atoms with Crippen LogP contribution in [0.15, 0.2) is 59.6 Å². The molecule has 0 radical (unpaired) electrons. The Kier molecular flexibility index (Phi) is 7.71. The molecule has 2 aliphatic rings. The highest BCUT2D eigenvalue weighted by Gasteiger charge is 2.32. The third kappa shape index (κ3) is 6.49. The van der Waals surface area contributed by atoms with Gasteiger partial charge in [0.05, 0.1) is 16.8 Å². The molecule has 0 spiro atoms. The van der Waals surface area contributed by atoms with Crippen molar-refractivity contribution >= 4 is 27.8 Å². The number of nitrogens with one attached hydrogen (secondary N) is 2. The van der Waals surface area contributed by atoms with Crippen LogP contribution < -0.4 is 15.8 Å². The minimum atomic E-state index is -3.84. The van der Waals surface area contributed by atoms with Crippen LogP contribution in [-0.4, -0.2) is 60.0 Å². The molecule has 0 saturated carbocycles. The molecule has 1 aromatic heterocycles. The molecule has 1 unspecified atom stereocenters. The number of nitrogen functional groups attached to an aromatic ring is 1. The van der Waals surface area contributed by atoms with Gasteiger partial charge < -0.3 is 20.7 Å². The molecule has 0 bridgehead atoms. The van der Waals surface area contributed by atoms with Gasteiger partial charge in [0.25, 0.3) is 5.91 Å². The van der Waals surface area contributed by atoms with E-state index in [2.05, 4.69) is 20.0 Å². The van der Waals surface area contributed by atoms with Crippen LogP contribution in [0.25, 0.3) is 11.3 Å². The second-order valence-corrected chi connectivity index (χ2v) is 13.0. The van der Waals surface area contributed by atoms with Crippen LogP contribution in [0.2, 0.25) is 0 Å². The summed E-state index contributed by atoms with van der Waals surface area (Å²) in [5.74, 6) is -0.586. The van der Waals surface area contributed by atoms with Gasteiger partial charge in [-0.05, 0) is 63.3 Å². The van der Waals surface area contributed by atoms with E-state index in [1.807, 2.05) is 24.3 Å². The van der Waals surface area contributed by atoms with Crippen molar-refractivity contribution in [3.63, 3.8) is 0 Å². The molecule has 2 amide bonds. The number of anilines is 1. The summed E-state index contributed by atoms with van der Waals surface area (Å²) in [6.45, 7) is 6.13. The lowest BCUT2D eigenvalue weighted by molar-refractivity contribution is 0.0290. The minimum absolute atomic E-state index is 0.0569. The van der Waals surface area contributed by atoms with E-state index in [0.29, 0.717) is 37.2 Å². The van der Waals surface area contributed by atoms with E-state index in [0.717, 1.165) is 17.5 Å². The Morgan fingerprint density at radius 3 is 2.66 bits per heavy atom. The molecular formula is C29H34N6O5S. The summed E-state index contributed by atoms with van der Waals surface area (Å²) in [5.41, 5.74) is 8.21. The first-order valence-electron chi connectivity index (χ1n) is 13.5. The molecule has 1 aliphatic carbocycles. The van der Waals surface area contributed by atoms with E-state index in [1.54, 1.807) is 37.8 Å². The van der Waals surface area contributed by atoms with Crippen LogP contribution in [0.3, 0.4) is 0 Å². The first-order valence-corrected chi connectivity index (χ1v) is 15.0. The number of carbonyl (C=O) groups is 2. The van der Waals surface area contributed by atoms with Crippen molar-refractivity contribution in [2.24, 2.45) is 0 Å². The second kappa shape index (κ2) is 11.1. The van der Waals surface area contributed by atoms with Gasteiger partial charge >= 0.3 is 6.09 Å². The second-order valence-electron chi connectivity index (χ2n) is 11.3. The van der Waals surface area contributed by atoms with Crippen LogP contribution in [0, 0.1) is 0 Å². The number of ether oxygens (including phenoxy) is 1. The number of benzene rings is 2. The summed E-state index contributed by atoms with van der Waals surface area (Å²) in [6, 6.07) is 13.5. The average molecular weight is 579 g/mol. The predicted molar refractivity (Wildman–Crippen MR) is 153 cm³/mol. The Labute approximate surface area is 239 Å². The summed E-state index contributed by atoms with van der Waals surface area (Å²) >= 11 is 0. The normalized spacial score (nSPS) is 18.7. The number of amides is 2. The number of nitrogens with two attached hydrogens (primary N) is 1. The zero-order chi connectivity index (χ0) is 29.4. The number of aromatic nitrogens is 2. The van der Waals surface area contributed by atoms with Crippen molar-refractivity contribution in [3.05, 3.63) is 71.5 Å². The van der Waals surface area contributed by atoms with E-state index in [1.165, 1.54) is 18.3 Å². The highest BCUT2D eigenvalue weighted by Crippen LogP contribution is 2.32. The largest absolute Gasteiger partial charge is 0.444 e. The fraction of sp³-hybridized carbons (Fsp3) is 0.379. The van der Waals surface area contributed by atoms with Gasteiger partial charge in [-0.25, -0.2) is 27.9 Å². The fourth-order valence-corrected chi connectivity index (χ4v) is 6.38. The maximum absolute atomic E-state index is 13.3. The molecule has 2 atom stereocenters. The van der Waals surface area contributed by atoms with Gasteiger partial charge in [0.15, 0.2) is 11.5 Å². The number of carbonyl (C=O) groups excluding carboxylic acids is 2. The van der Waals surface area contributed by atoms with E-state index in [9.17, 15) is 18.0 Å².